The van der Waals surface area contributed by atoms with E-state index >= 15 is 0 Å². The second-order valence-corrected chi connectivity index (χ2v) is 3.27. The average molecular weight is 237 g/mol. The predicted octanol–water partition coefficient (Wildman–Crippen LogP) is 2.42. The third-order valence-electron chi connectivity index (χ3n) is 2.15. The molecule has 0 spiro atoms. The molecule has 0 aliphatic heterocycles. The monoisotopic (exact) mass is 237 g/mol. The van der Waals surface area contributed by atoms with Crippen LogP contribution in [0.25, 0.3) is 0 Å². The van der Waals surface area contributed by atoms with Crippen LogP contribution in [-0.2, 0) is 0 Å². The van der Waals surface area contributed by atoms with E-state index in [1.54, 1.807) is 13.0 Å². The molecule has 1 aromatic carbocycles. The lowest BCUT2D eigenvalue weighted by Crippen LogP contribution is -2.04. The summed E-state index contributed by atoms with van der Waals surface area (Å²) in [5, 5.41) is 21.1. The van der Waals surface area contributed by atoms with Crippen molar-refractivity contribution in [2.45, 2.75) is 13.8 Å². The number of rotatable bonds is 6. The summed E-state index contributed by atoms with van der Waals surface area (Å²) in [5.74, 6) is 0.221. The van der Waals surface area contributed by atoms with Gasteiger partial charge in [-0.3, -0.25) is 10.1 Å². The van der Waals surface area contributed by atoms with Gasteiger partial charge in [0.15, 0.2) is 5.75 Å². The van der Waals surface area contributed by atoms with Crippen LogP contribution in [0.1, 0.15) is 19.4 Å². The maximum Gasteiger partial charge on any atom is 0.311 e. The van der Waals surface area contributed by atoms with Crippen LogP contribution in [0.4, 0.5) is 11.4 Å². The van der Waals surface area contributed by atoms with Crippen LogP contribution in [0.3, 0.4) is 0 Å². The van der Waals surface area contributed by atoms with Crippen molar-refractivity contribution in [1.29, 1.82) is 5.41 Å². The topological polar surface area (TPSA) is 88.2 Å². The summed E-state index contributed by atoms with van der Waals surface area (Å²) in [6.45, 7) is 4.71. The average Bonchev–Trinajstić information content (AvgIpc) is 2.30. The molecule has 1 rings (SSSR count). The van der Waals surface area contributed by atoms with Gasteiger partial charge in [-0.2, -0.15) is 0 Å². The van der Waals surface area contributed by atoms with Crippen molar-refractivity contribution < 1.29 is 9.66 Å². The number of hydrogen-bond acceptors (Lipinski definition) is 5. The Hall–Kier alpha value is -2.11. The molecule has 17 heavy (non-hydrogen) atoms. The molecule has 0 bridgehead atoms. The number of benzene rings is 1. The molecule has 0 fully saturated rings. The zero-order valence-corrected chi connectivity index (χ0v) is 9.82. The van der Waals surface area contributed by atoms with Gasteiger partial charge >= 0.3 is 5.69 Å². The smallest absolute Gasteiger partial charge is 0.311 e. The van der Waals surface area contributed by atoms with Gasteiger partial charge in [-0.15, -0.1) is 0 Å². The van der Waals surface area contributed by atoms with Gasteiger partial charge in [0, 0.05) is 36.1 Å². The highest BCUT2D eigenvalue weighted by atomic mass is 16.6. The molecular formula is C11H15N3O3. The van der Waals surface area contributed by atoms with Gasteiger partial charge in [-0.25, -0.2) is 0 Å². The second-order valence-electron chi connectivity index (χ2n) is 3.27. The first kappa shape index (κ1) is 13.0. The Morgan fingerprint density at radius 2 is 2.24 bits per heavy atom. The molecule has 1 aromatic rings. The van der Waals surface area contributed by atoms with Crippen molar-refractivity contribution in [3.05, 3.63) is 27.8 Å². The quantitative estimate of drug-likeness (QED) is 0.451. The molecule has 0 saturated heterocycles. The Morgan fingerprint density at radius 3 is 2.71 bits per heavy atom. The number of ether oxygens (including phenoxy) is 1. The van der Waals surface area contributed by atoms with E-state index in [0.29, 0.717) is 24.4 Å². The van der Waals surface area contributed by atoms with E-state index in [1.165, 1.54) is 6.07 Å². The summed E-state index contributed by atoms with van der Waals surface area (Å²) < 4.78 is 5.23. The van der Waals surface area contributed by atoms with E-state index < -0.39 is 4.92 Å². The number of nitrogens with zero attached hydrogens (tertiary/aromatic N) is 1. The van der Waals surface area contributed by atoms with E-state index in [0.717, 1.165) is 6.21 Å². The normalized spacial score (nSPS) is 9.76. The fourth-order valence-electron chi connectivity index (χ4n) is 1.46. The fraction of sp³-hybridized carbons (Fsp3) is 0.364. The van der Waals surface area contributed by atoms with Crippen LogP contribution in [0, 0.1) is 15.5 Å². The van der Waals surface area contributed by atoms with E-state index in [9.17, 15) is 10.1 Å². The van der Waals surface area contributed by atoms with Gasteiger partial charge in [-0.1, -0.05) is 0 Å². The molecule has 0 heterocycles. The first-order valence-electron chi connectivity index (χ1n) is 5.33. The molecule has 0 radical (unpaired) electrons. The molecule has 0 saturated carbocycles. The van der Waals surface area contributed by atoms with Gasteiger partial charge < -0.3 is 15.5 Å². The van der Waals surface area contributed by atoms with E-state index in [4.69, 9.17) is 10.1 Å². The van der Waals surface area contributed by atoms with E-state index in [-0.39, 0.29) is 11.4 Å². The number of nitro groups is 1. The summed E-state index contributed by atoms with van der Waals surface area (Å²) in [5.41, 5.74) is 1.02. The molecular weight excluding hydrogens is 222 g/mol. The molecule has 0 amide bonds. The molecule has 0 aliphatic rings. The van der Waals surface area contributed by atoms with Gasteiger partial charge in [0.25, 0.3) is 0 Å². The summed E-state index contributed by atoms with van der Waals surface area (Å²) in [4.78, 5) is 10.4. The highest BCUT2D eigenvalue weighted by Gasteiger charge is 2.18. The first-order valence-corrected chi connectivity index (χ1v) is 5.33. The molecule has 0 atom stereocenters. The summed E-state index contributed by atoms with van der Waals surface area (Å²) in [6.07, 6.45) is 1.08. The number of nitrogens with one attached hydrogen (secondary N) is 2. The minimum atomic E-state index is -0.506. The van der Waals surface area contributed by atoms with E-state index in [1.807, 2.05) is 6.92 Å². The van der Waals surface area contributed by atoms with Crippen molar-refractivity contribution in [3.8, 4) is 5.75 Å². The van der Waals surface area contributed by atoms with Crippen molar-refractivity contribution in [2.75, 3.05) is 18.5 Å². The van der Waals surface area contributed by atoms with Gasteiger partial charge in [-0.05, 0) is 13.8 Å². The molecule has 0 aliphatic carbocycles. The Bertz CT molecular complexity index is 432. The van der Waals surface area contributed by atoms with Crippen molar-refractivity contribution in [3.63, 3.8) is 0 Å². The highest BCUT2D eigenvalue weighted by molar-refractivity contribution is 5.88. The maximum atomic E-state index is 10.9. The lowest BCUT2D eigenvalue weighted by Gasteiger charge is -2.10. The lowest BCUT2D eigenvalue weighted by atomic mass is 10.1. The minimum absolute atomic E-state index is 0.119. The lowest BCUT2D eigenvalue weighted by molar-refractivity contribution is -0.385. The van der Waals surface area contributed by atoms with Crippen LogP contribution in [-0.4, -0.2) is 24.3 Å². The second kappa shape index (κ2) is 5.83. The summed E-state index contributed by atoms with van der Waals surface area (Å²) in [7, 11) is 0. The Labute approximate surface area is 99.3 Å². The zero-order chi connectivity index (χ0) is 12.8. The van der Waals surface area contributed by atoms with Gasteiger partial charge in [0.1, 0.15) is 0 Å². The van der Waals surface area contributed by atoms with Crippen LogP contribution in [0.5, 0.6) is 5.75 Å². The third-order valence-corrected chi connectivity index (χ3v) is 2.15. The van der Waals surface area contributed by atoms with Gasteiger partial charge in [0.05, 0.1) is 11.5 Å². The van der Waals surface area contributed by atoms with Crippen molar-refractivity contribution in [1.82, 2.24) is 0 Å². The highest BCUT2D eigenvalue weighted by Crippen LogP contribution is 2.32. The van der Waals surface area contributed by atoms with E-state index in [2.05, 4.69) is 5.32 Å². The standard InChI is InChI=1S/C11H15N3O3/c1-3-13-9-6-11(17-4-2)10(14(15)16)5-8(9)7-12/h5-7,12-13H,3-4H2,1-2H3. The summed E-state index contributed by atoms with van der Waals surface area (Å²) >= 11 is 0. The predicted molar refractivity (Wildman–Crippen MR) is 66.3 cm³/mol. The molecule has 2 N–H and O–H groups in total. The Morgan fingerprint density at radius 1 is 1.53 bits per heavy atom. The molecule has 6 nitrogen and oxygen atoms in total. The summed E-state index contributed by atoms with van der Waals surface area (Å²) in [6, 6.07) is 2.90. The number of nitro benzene ring substituents is 1. The Balaban J connectivity index is 3.30. The molecule has 92 valence electrons. The zero-order valence-electron chi connectivity index (χ0n) is 9.82. The van der Waals surface area contributed by atoms with Crippen LogP contribution in [0.2, 0.25) is 0 Å². The van der Waals surface area contributed by atoms with Crippen LogP contribution in [0.15, 0.2) is 12.1 Å². The Kier molecular flexibility index (Phi) is 4.45. The van der Waals surface area contributed by atoms with Crippen LogP contribution < -0.4 is 10.1 Å². The number of anilines is 1. The fourth-order valence-corrected chi connectivity index (χ4v) is 1.46. The number of hydrogen-bond donors (Lipinski definition) is 2. The van der Waals surface area contributed by atoms with Crippen molar-refractivity contribution in [2.24, 2.45) is 0 Å². The third kappa shape index (κ3) is 2.93. The minimum Gasteiger partial charge on any atom is -0.487 e. The first-order chi connectivity index (χ1) is 8.13. The SMILES string of the molecule is CCNc1cc(OCC)c([N+](=O)[O-])cc1C=N. The van der Waals surface area contributed by atoms with Crippen LogP contribution >= 0.6 is 0 Å². The van der Waals surface area contributed by atoms with Gasteiger partial charge in [0.2, 0.25) is 0 Å². The molecule has 6 heteroatoms. The molecule has 0 unspecified atom stereocenters. The maximum absolute atomic E-state index is 10.9. The largest absolute Gasteiger partial charge is 0.487 e. The molecule has 0 aromatic heterocycles. The van der Waals surface area contributed by atoms with Crippen molar-refractivity contribution >= 4 is 17.6 Å².